The van der Waals surface area contributed by atoms with Crippen molar-refractivity contribution in [1.29, 1.82) is 0 Å². The highest BCUT2D eigenvalue weighted by Crippen LogP contribution is 2.38. The topological polar surface area (TPSA) is 68.5 Å². The van der Waals surface area contributed by atoms with Crippen molar-refractivity contribution in [3.05, 3.63) is 58.9 Å². The molecule has 6 nitrogen and oxygen atoms in total. The van der Waals surface area contributed by atoms with Crippen LogP contribution in [0, 0.1) is 0 Å². The van der Waals surface area contributed by atoms with Crippen molar-refractivity contribution in [2.45, 2.75) is 18.5 Å². The molecule has 2 heterocycles. The summed E-state index contributed by atoms with van der Waals surface area (Å²) in [5.74, 6) is 0.378. The normalized spacial score (nSPS) is 16.9. The molecular formula is C20H15ClF3N3O3. The summed E-state index contributed by atoms with van der Waals surface area (Å²) in [6.45, 7) is 0.282. The molecule has 156 valence electrons. The molecule has 1 aliphatic heterocycles. The molecule has 0 unspecified atom stereocenters. The summed E-state index contributed by atoms with van der Waals surface area (Å²) in [7, 11) is 1.50. The number of hydrogen-bond donors (Lipinski definition) is 0. The minimum absolute atomic E-state index is 0.143. The lowest BCUT2D eigenvalue weighted by Crippen LogP contribution is -2.24. The molecule has 30 heavy (non-hydrogen) atoms. The van der Waals surface area contributed by atoms with Gasteiger partial charge in [-0.05, 0) is 30.3 Å². The molecule has 0 spiro atoms. The van der Waals surface area contributed by atoms with Gasteiger partial charge in [0, 0.05) is 23.6 Å². The first kappa shape index (κ1) is 20.2. The summed E-state index contributed by atoms with van der Waals surface area (Å²) >= 11 is 6.06. The lowest BCUT2D eigenvalue weighted by atomic mass is 10.1. The van der Waals surface area contributed by atoms with Crippen LogP contribution < -0.4 is 9.64 Å². The molecule has 1 atom stereocenters. The van der Waals surface area contributed by atoms with E-state index in [2.05, 4.69) is 10.1 Å². The van der Waals surface area contributed by atoms with Gasteiger partial charge in [0.1, 0.15) is 5.75 Å². The highest BCUT2D eigenvalue weighted by Gasteiger charge is 2.36. The minimum Gasteiger partial charge on any atom is -0.495 e. The molecule has 1 aromatic heterocycles. The van der Waals surface area contributed by atoms with Crippen molar-refractivity contribution < 1.29 is 27.2 Å². The SMILES string of the molecule is COc1ccc(Cl)cc1N1C[C@@H](c2nc(-c3ccc(C(F)(F)F)cc3)no2)CC1=O. The molecule has 1 amide bonds. The second kappa shape index (κ2) is 7.64. The fourth-order valence-corrected chi connectivity index (χ4v) is 3.47. The molecule has 0 N–H and O–H groups in total. The Morgan fingerprint density at radius 3 is 2.60 bits per heavy atom. The highest BCUT2D eigenvalue weighted by atomic mass is 35.5. The number of aromatic nitrogens is 2. The van der Waals surface area contributed by atoms with E-state index in [4.69, 9.17) is 20.9 Å². The maximum Gasteiger partial charge on any atom is 0.416 e. The Hall–Kier alpha value is -3.07. The van der Waals surface area contributed by atoms with E-state index in [0.29, 0.717) is 22.0 Å². The van der Waals surface area contributed by atoms with E-state index in [0.717, 1.165) is 12.1 Å². The molecule has 0 bridgehead atoms. The van der Waals surface area contributed by atoms with Crippen LogP contribution in [0.25, 0.3) is 11.4 Å². The second-order valence-electron chi connectivity index (χ2n) is 6.75. The average molecular weight is 438 g/mol. The first-order valence-electron chi connectivity index (χ1n) is 8.91. The quantitative estimate of drug-likeness (QED) is 0.578. The van der Waals surface area contributed by atoms with Gasteiger partial charge in [0.15, 0.2) is 0 Å². The maximum absolute atomic E-state index is 12.7. The van der Waals surface area contributed by atoms with Crippen molar-refractivity contribution >= 4 is 23.2 Å². The van der Waals surface area contributed by atoms with Gasteiger partial charge in [0.2, 0.25) is 17.6 Å². The fraction of sp³-hybridized carbons (Fsp3) is 0.250. The number of rotatable bonds is 4. The average Bonchev–Trinajstić information content (AvgIpc) is 3.34. The van der Waals surface area contributed by atoms with Crippen LogP contribution in [0.5, 0.6) is 5.75 Å². The number of benzene rings is 2. The first-order chi connectivity index (χ1) is 14.3. The third-order valence-corrected chi connectivity index (χ3v) is 5.05. The van der Waals surface area contributed by atoms with Crippen molar-refractivity contribution in [1.82, 2.24) is 10.1 Å². The summed E-state index contributed by atoms with van der Waals surface area (Å²) in [4.78, 5) is 18.4. The Bertz CT molecular complexity index is 1080. The number of alkyl halides is 3. The van der Waals surface area contributed by atoms with E-state index in [1.165, 1.54) is 24.1 Å². The van der Waals surface area contributed by atoms with E-state index in [-0.39, 0.29) is 36.5 Å². The van der Waals surface area contributed by atoms with Gasteiger partial charge < -0.3 is 14.2 Å². The summed E-state index contributed by atoms with van der Waals surface area (Å²) in [6.07, 6.45) is -4.28. The van der Waals surface area contributed by atoms with Gasteiger partial charge in [0.05, 0.1) is 24.3 Å². The zero-order chi connectivity index (χ0) is 21.5. The number of methoxy groups -OCH3 is 1. The Balaban J connectivity index is 1.55. The monoisotopic (exact) mass is 437 g/mol. The molecule has 1 fully saturated rings. The Morgan fingerprint density at radius 1 is 1.20 bits per heavy atom. The smallest absolute Gasteiger partial charge is 0.416 e. The van der Waals surface area contributed by atoms with Gasteiger partial charge in [-0.25, -0.2) is 0 Å². The van der Waals surface area contributed by atoms with Gasteiger partial charge in [0.25, 0.3) is 0 Å². The summed E-state index contributed by atoms with van der Waals surface area (Å²) < 4.78 is 48.8. The molecular weight excluding hydrogens is 423 g/mol. The number of hydrogen-bond acceptors (Lipinski definition) is 5. The van der Waals surface area contributed by atoms with Crippen LogP contribution in [0.15, 0.2) is 47.0 Å². The summed E-state index contributed by atoms with van der Waals surface area (Å²) in [5, 5.41) is 4.31. The van der Waals surface area contributed by atoms with Crippen LogP contribution in [-0.4, -0.2) is 29.7 Å². The zero-order valence-electron chi connectivity index (χ0n) is 15.6. The fourth-order valence-electron chi connectivity index (χ4n) is 3.31. The third kappa shape index (κ3) is 3.85. The van der Waals surface area contributed by atoms with E-state index >= 15 is 0 Å². The number of nitrogens with zero attached hydrogens (tertiary/aromatic N) is 3. The summed E-state index contributed by atoms with van der Waals surface area (Å²) in [6, 6.07) is 9.45. The van der Waals surface area contributed by atoms with E-state index in [1.807, 2.05) is 0 Å². The molecule has 10 heteroatoms. The number of carbonyl (C=O) groups excluding carboxylic acids is 1. The van der Waals surface area contributed by atoms with Crippen LogP contribution in [0.4, 0.5) is 18.9 Å². The van der Waals surface area contributed by atoms with E-state index < -0.39 is 11.7 Å². The zero-order valence-corrected chi connectivity index (χ0v) is 16.4. The second-order valence-corrected chi connectivity index (χ2v) is 7.19. The van der Waals surface area contributed by atoms with Gasteiger partial charge in [-0.15, -0.1) is 0 Å². The van der Waals surface area contributed by atoms with Crippen molar-refractivity contribution in [2.75, 3.05) is 18.6 Å². The van der Waals surface area contributed by atoms with Crippen LogP contribution in [0.1, 0.15) is 23.8 Å². The largest absolute Gasteiger partial charge is 0.495 e. The first-order valence-corrected chi connectivity index (χ1v) is 9.29. The van der Waals surface area contributed by atoms with Crippen LogP contribution in [0.3, 0.4) is 0 Å². The number of amides is 1. The van der Waals surface area contributed by atoms with Crippen LogP contribution in [-0.2, 0) is 11.0 Å². The third-order valence-electron chi connectivity index (χ3n) is 4.82. The van der Waals surface area contributed by atoms with Crippen molar-refractivity contribution in [3.63, 3.8) is 0 Å². The molecule has 2 aromatic carbocycles. The van der Waals surface area contributed by atoms with Crippen LogP contribution in [0.2, 0.25) is 5.02 Å². The molecule has 3 aromatic rings. The number of halogens is 4. The standard InChI is InChI=1S/C20H15ClF3N3O3/c1-29-16-7-6-14(21)9-15(16)27-10-12(8-17(27)28)19-25-18(26-30-19)11-2-4-13(5-3-11)20(22,23)24/h2-7,9,12H,8,10H2,1H3/t12-/m0/s1. The van der Waals surface area contributed by atoms with Crippen LogP contribution >= 0.6 is 11.6 Å². The summed E-state index contributed by atoms with van der Waals surface area (Å²) in [5.41, 5.74) is 0.165. The van der Waals surface area contributed by atoms with E-state index in [1.54, 1.807) is 18.2 Å². The molecule has 1 saturated heterocycles. The molecule has 4 rings (SSSR count). The van der Waals surface area contributed by atoms with Gasteiger partial charge >= 0.3 is 6.18 Å². The molecule has 0 aliphatic carbocycles. The molecule has 0 radical (unpaired) electrons. The van der Waals surface area contributed by atoms with E-state index in [9.17, 15) is 18.0 Å². The lowest BCUT2D eigenvalue weighted by Gasteiger charge is -2.19. The van der Waals surface area contributed by atoms with Crippen molar-refractivity contribution in [2.24, 2.45) is 0 Å². The predicted octanol–water partition coefficient (Wildman–Crippen LogP) is 4.94. The maximum atomic E-state index is 12.7. The van der Waals surface area contributed by atoms with Gasteiger partial charge in [-0.1, -0.05) is 28.9 Å². The predicted molar refractivity (Wildman–Crippen MR) is 102 cm³/mol. The molecule has 0 saturated carbocycles. The van der Waals surface area contributed by atoms with Gasteiger partial charge in [-0.3, -0.25) is 4.79 Å². The van der Waals surface area contributed by atoms with Crippen molar-refractivity contribution in [3.8, 4) is 17.1 Å². The number of ether oxygens (including phenoxy) is 1. The number of anilines is 1. The minimum atomic E-state index is -4.42. The lowest BCUT2D eigenvalue weighted by molar-refractivity contribution is -0.137. The Morgan fingerprint density at radius 2 is 1.93 bits per heavy atom. The highest BCUT2D eigenvalue weighted by molar-refractivity contribution is 6.31. The number of carbonyl (C=O) groups is 1. The Labute approximate surface area is 174 Å². The Kier molecular flexibility index (Phi) is 5.15. The molecule has 1 aliphatic rings. The van der Waals surface area contributed by atoms with Gasteiger partial charge in [-0.2, -0.15) is 18.2 Å².